The van der Waals surface area contributed by atoms with Gasteiger partial charge in [0.1, 0.15) is 0 Å². The Labute approximate surface area is 150 Å². The van der Waals surface area contributed by atoms with Crippen LogP contribution in [0.25, 0.3) is 21.8 Å². The highest BCUT2D eigenvalue weighted by Gasteiger charge is 2.15. The maximum absolute atomic E-state index is 10.4. The Kier molecular flexibility index (Phi) is 5.33. The zero-order valence-electron chi connectivity index (χ0n) is 13.4. The van der Waals surface area contributed by atoms with Crippen molar-refractivity contribution in [2.75, 3.05) is 26.7 Å². The summed E-state index contributed by atoms with van der Waals surface area (Å²) >= 11 is 12.3. The topological polar surface area (TPSA) is 48.6 Å². The summed E-state index contributed by atoms with van der Waals surface area (Å²) in [7, 11) is 1.88. The maximum Gasteiger partial charge on any atom is 0.0845 e. The van der Waals surface area contributed by atoms with E-state index in [4.69, 9.17) is 28.3 Å². The van der Waals surface area contributed by atoms with Crippen LogP contribution in [-0.4, -0.2) is 52.5 Å². The fraction of sp³-hybridized carbons (Fsp3) is 0.333. The standard InChI is InChI=1S/C18H20Cl2N2O2/c1-21(6-7-23)10-14(24)11-22-17-4-2-12(19)8-15(17)16-9-13(20)3-5-18(16)22/h2-5,8-9,14,23-24H,6-7,10-11H2,1H3/t14-/m0/s1. The van der Waals surface area contributed by atoms with Crippen molar-refractivity contribution in [3.8, 4) is 0 Å². The van der Waals surface area contributed by atoms with Gasteiger partial charge in [-0.3, -0.25) is 0 Å². The monoisotopic (exact) mass is 366 g/mol. The van der Waals surface area contributed by atoms with Gasteiger partial charge in [-0.1, -0.05) is 23.2 Å². The first-order chi connectivity index (χ1) is 11.5. The van der Waals surface area contributed by atoms with Gasteiger partial charge in [-0.05, 0) is 43.4 Å². The van der Waals surface area contributed by atoms with Crippen LogP contribution in [0.3, 0.4) is 0 Å². The van der Waals surface area contributed by atoms with Crippen LogP contribution in [0, 0.1) is 0 Å². The smallest absolute Gasteiger partial charge is 0.0845 e. The summed E-state index contributed by atoms with van der Waals surface area (Å²) in [6, 6.07) is 11.5. The zero-order valence-corrected chi connectivity index (χ0v) is 14.9. The molecule has 0 fully saturated rings. The number of benzene rings is 2. The van der Waals surface area contributed by atoms with E-state index < -0.39 is 6.10 Å². The lowest BCUT2D eigenvalue weighted by Gasteiger charge is -2.20. The molecule has 0 unspecified atom stereocenters. The zero-order chi connectivity index (χ0) is 17.3. The minimum Gasteiger partial charge on any atom is -0.395 e. The summed E-state index contributed by atoms with van der Waals surface area (Å²) in [6.45, 7) is 1.56. The summed E-state index contributed by atoms with van der Waals surface area (Å²) in [5.74, 6) is 0. The largest absolute Gasteiger partial charge is 0.395 e. The number of likely N-dealkylation sites (N-methyl/N-ethyl adjacent to an activating group) is 1. The molecule has 0 aliphatic rings. The highest BCUT2D eigenvalue weighted by Crippen LogP contribution is 2.33. The van der Waals surface area contributed by atoms with Crippen molar-refractivity contribution in [2.45, 2.75) is 12.6 Å². The minimum absolute atomic E-state index is 0.0790. The second-order valence-corrected chi connectivity index (χ2v) is 6.95. The number of rotatable bonds is 6. The molecule has 1 aromatic heterocycles. The predicted octanol–water partition coefficient (Wildman–Crippen LogP) is 3.39. The van der Waals surface area contributed by atoms with Crippen molar-refractivity contribution in [1.29, 1.82) is 0 Å². The average molecular weight is 367 g/mol. The van der Waals surface area contributed by atoms with Crippen molar-refractivity contribution < 1.29 is 10.2 Å². The van der Waals surface area contributed by atoms with Gasteiger partial charge in [0, 0.05) is 44.9 Å². The molecule has 0 saturated carbocycles. The Morgan fingerprint density at radius 1 is 1.04 bits per heavy atom. The fourth-order valence-corrected chi connectivity index (χ4v) is 3.48. The average Bonchev–Trinajstić information content (AvgIpc) is 2.80. The molecule has 0 spiro atoms. The maximum atomic E-state index is 10.4. The first-order valence-corrected chi connectivity index (χ1v) is 8.59. The minimum atomic E-state index is -0.549. The van der Waals surface area contributed by atoms with E-state index in [-0.39, 0.29) is 6.61 Å². The third kappa shape index (κ3) is 3.53. The lowest BCUT2D eigenvalue weighted by Crippen LogP contribution is -2.33. The van der Waals surface area contributed by atoms with Crippen molar-refractivity contribution >= 4 is 45.0 Å². The van der Waals surface area contributed by atoms with Gasteiger partial charge in [-0.25, -0.2) is 0 Å². The highest BCUT2D eigenvalue weighted by atomic mass is 35.5. The molecule has 0 amide bonds. The Hall–Kier alpha value is -1.30. The highest BCUT2D eigenvalue weighted by molar-refractivity contribution is 6.33. The van der Waals surface area contributed by atoms with Crippen LogP contribution in [-0.2, 0) is 6.54 Å². The molecule has 6 heteroatoms. The van der Waals surface area contributed by atoms with Crippen LogP contribution in [0.1, 0.15) is 0 Å². The van der Waals surface area contributed by atoms with Gasteiger partial charge in [-0.15, -0.1) is 0 Å². The molecule has 3 aromatic rings. The molecule has 24 heavy (non-hydrogen) atoms. The summed E-state index contributed by atoms with van der Waals surface area (Å²) in [4.78, 5) is 1.91. The molecule has 1 heterocycles. The normalized spacial score (nSPS) is 13.2. The van der Waals surface area contributed by atoms with Gasteiger partial charge >= 0.3 is 0 Å². The lowest BCUT2D eigenvalue weighted by molar-refractivity contribution is 0.102. The summed E-state index contributed by atoms with van der Waals surface area (Å²) in [5, 5.41) is 22.8. The Morgan fingerprint density at radius 3 is 2.08 bits per heavy atom. The molecular formula is C18H20Cl2N2O2. The molecule has 1 atom stereocenters. The molecule has 0 saturated heterocycles. The summed E-state index contributed by atoms with van der Waals surface area (Å²) < 4.78 is 2.09. The van der Waals surface area contributed by atoms with Gasteiger partial charge < -0.3 is 19.7 Å². The number of halogens is 2. The molecule has 2 N–H and O–H groups in total. The molecule has 0 aliphatic heterocycles. The molecule has 3 rings (SSSR count). The number of aliphatic hydroxyl groups is 2. The van der Waals surface area contributed by atoms with Crippen molar-refractivity contribution in [1.82, 2.24) is 9.47 Å². The number of aromatic nitrogens is 1. The van der Waals surface area contributed by atoms with Crippen LogP contribution in [0.2, 0.25) is 10.0 Å². The third-order valence-corrected chi connectivity index (χ3v) is 4.66. The third-order valence-electron chi connectivity index (χ3n) is 4.19. The van der Waals surface area contributed by atoms with Crippen molar-refractivity contribution in [3.05, 3.63) is 46.4 Å². The second-order valence-electron chi connectivity index (χ2n) is 6.07. The molecule has 0 aliphatic carbocycles. The van der Waals surface area contributed by atoms with E-state index in [1.807, 2.05) is 48.3 Å². The van der Waals surface area contributed by atoms with Crippen LogP contribution >= 0.6 is 23.2 Å². The van der Waals surface area contributed by atoms with Gasteiger partial charge in [0.15, 0.2) is 0 Å². The van der Waals surface area contributed by atoms with Crippen LogP contribution in [0.15, 0.2) is 36.4 Å². The summed E-state index contributed by atoms with van der Waals surface area (Å²) in [5.41, 5.74) is 2.03. The molecule has 2 aromatic carbocycles. The van der Waals surface area contributed by atoms with E-state index in [1.54, 1.807) is 0 Å². The van der Waals surface area contributed by atoms with Gasteiger partial charge in [-0.2, -0.15) is 0 Å². The number of hydrogen-bond donors (Lipinski definition) is 2. The van der Waals surface area contributed by atoms with Gasteiger partial charge in [0.25, 0.3) is 0 Å². The fourth-order valence-electron chi connectivity index (χ4n) is 3.14. The SMILES string of the molecule is CN(CCO)C[C@H](O)Cn1c2ccc(Cl)cc2c2cc(Cl)ccc21. The Bertz CT molecular complexity index is 804. The number of fused-ring (bicyclic) bond motifs is 3. The van der Waals surface area contributed by atoms with Crippen molar-refractivity contribution in [2.24, 2.45) is 0 Å². The van der Waals surface area contributed by atoms with E-state index in [2.05, 4.69) is 4.57 Å². The molecule has 0 radical (unpaired) electrons. The van der Waals surface area contributed by atoms with Gasteiger partial charge in [0.2, 0.25) is 0 Å². The van der Waals surface area contributed by atoms with Crippen LogP contribution in [0.5, 0.6) is 0 Å². The molecule has 0 bridgehead atoms. The van der Waals surface area contributed by atoms with E-state index >= 15 is 0 Å². The number of hydrogen-bond acceptors (Lipinski definition) is 3. The van der Waals surface area contributed by atoms with E-state index in [9.17, 15) is 5.11 Å². The lowest BCUT2D eigenvalue weighted by atomic mass is 10.1. The van der Waals surface area contributed by atoms with Crippen LogP contribution in [0.4, 0.5) is 0 Å². The van der Waals surface area contributed by atoms with E-state index in [1.165, 1.54) is 0 Å². The second kappa shape index (κ2) is 7.30. The molecular weight excluding hydrogens is 347 g/mol. The first kappa shape index (κ1) is 17.5. The Morgan fingerprint density at radius 2 is 1.58 bits per heavy atom. The quantitative estimate of drug-likeness (QED) is 0.702. The summed E-state index contributed by atoms with van der Waals surface area (Å²) in [6.07, 6.45) is -0.549. The molecule has 4 nitrogen and oxygen atoms in total. The van der Waals surface area contributed by atoms with Crippen LogP contribution < -0.4 is 0 Å². The number of aliphatic hydroxyl groups excluding tert-OH is 2. The molecule has 128 valence electrons. The van der Waals surface area contributed by atoms with Gasteiger partial charge in [0.05, 0.1) is 19.3 Å². The van der Waals surface area contributed by atoms with E-state index in [0.717, 1.165) is 21.8 Å². The van der Waals surface area contributed by atoms with E-state index in [0.29, 0.717) is 29.7 Å². The number of nitrogens with zero attached hydrogens (tertiary/aromatic N) is 2. The predicted molar refractivity (Wildman–Crippen MR) is 100 cm³/mol. The first-order valence-electron chi connectivity index (χ1n) is 7.84. The van der Waals surface area contributed by atoms with Crippen molar-refractivity contribution in [3.63, 3.8) is 0 Å². The Balaban J connectivity index is 2.02.